The van der Waals surface area contributed by atoms with E-state index in [1.807, 2.05) is 30.3 Å². The highest BCUT2D eigenvalue weighted by Crippen LogP contribution is 2.24. The number of carbonyl (C=O) groups is 1. The molecular formula is C21H18O3. The molecule has 0 aliphatic rings. The Balaban J connectivity index is 1.75. The molecule has 120 valence electrons. The van der Waals surface area contributed by atoms with Crippen LogP contribution in [0, 0.1) is 0 Å². The maximum absolute atomic E-state index is 11.4. The molecule has 24 heavy (non-hydrogen) atoms. The second kappa shape index (κ2) is 7.47. The second-order valence-electron chi connectivity index (χ2n) is 5.33. The predicted octanol–water partition coefficient (Wildman–Crippen LogP) is 4.72. The molecule has 0 radical (unpaired) electrons. The Kier molecular flexibility index (Phi) is 4.92. The normalized spacial score (nSPS) is 10.2. The van der Waals surface area contributed by atoms with E-state index >= 15 is 0 Å². The second-order valence-corrected chi connectivity index (χ2v) is 5.33. The van der Waals surface area contributed by atoms with E-state index in [4.69, 9.17) is 9.47 Å². The van der Waals surface area contributed by atoms with Crippen molar-refractivity contribution >= 4 is 5.97 Å². The molecule has 0 amide bonds. The van der Waals surface area contributed by atoms with Crippen LogP contribution < -0.4 is 4.74 Å². The molecule has 0 N–H and O–H groups in total. The quantitative estimate of drug-likeness (QED) is 0.639. The van der Waals surface area contributed by atoms with Gasteiger partial charge in [0.15, 0.2) is 0 Å². The van der Waals surface area contributed by atoms with Gasteiger partial charge >= 0.3 is 5.97 Å². The molecule has 0 aromatic heterocycles. The summed E-state index contributed by atoms with van der Waals surface area (Å²) < 4.78 is 10.6. The average molecular weight is 318 g/mol. The van der Waals surface area contributed by atoms with Gasteiger partial charge in [0.05, 0.1) is 12.7 Å². The molecule has 0 bridgehead atoms. The molecule has 0 saturated heterocycles. The number of methoxy groups -OCH3 is 1. The van der Waals surface area contributed by atoms with Gasteiger partial charge in [-0.25, -0.2) is 4.79 Å². The van der Waals surface area contributed by atoms with Crippen molar-refractivity contribution in [2.24, 2.45) is 0 Å². The van der Waals surface area contributed by atoms with Crippen LogP contribution in [0.5, 0.6) is 5.75 Å². The van der Waals surface area contributed by atoms with Crippen LogP contribution in [0.15, 0.2) is 78.9 Å². The van der Waals surface area contributed by atoms with E-state index in [0.717, 1.165) is 16.7 Å². The Morgan fingerprint density at radius 2 is 1.50 bits per heavy atom. The number of rotatable bonds is 5. The molecule has 0 fully saturated rings. The first-order valence-electron chi connectivity index (χ1n) is 7.72. The third-order valence-corrected chi connectivity index (χ3v) is 3.77. The fourth-order valence-electron chi connectivity index (χ4n) is 2.51. The average Bonchev–Trinajstić information content (AvgIpc) is 2.67. The first-order valence-corrected chi connectivity index (χ1v) is 7.72. The fraction of sp³-hybridized carbons (Fsp3) is 0.0952. The lowest BCUT2D eigenvalue weighted by Gasteiger charge is -2.11. The van der Waals surface area contributed by atoms with Crippen molar-refractivity contribution in [1.29, 1.82) is 0 Å². The van der Waals surface area contributed by atoms with E-state index in [-0.39, 0.29) is 5.97 Å². The molecule has 3 heteroatoms. The largest absolute Gasteiger partial charge is 0.489 e. The van der Waals surface area contributed by atoms with Crippen LogP contribution in [0.3, 0.4) is 0 Å². The van der Waals surface area contributed by atoms with Crippen molar-refractivity contribution < 1.29 is 14.3 Å². The topological polar surface area (TPSA) is 35.5 Å². The fourth-order valence-corrected chi connectivity index (χ4v) is 2.51. The number of ether oxygens (including phenoxy) is 2. The van der Waals surface area contributed by atoms with Crippen LogP contribution in [-0.2, 0) is 11.3 Å². The first-order chi connectivity index (χ1) is 11.8. The smallest absolute Gasteiger partial charge is 0.337 e. The van der Waals surface area contributed by atoms with Gasteiger partial charge in [0.25, 0.3) is 0 Å². The summed E-state index contributed by atoms with van der Waals surface area (Å²) in [6.45, 7) is 0.461. The third kappa shape index (κ3) is 3.63. The summed E-state index contributed by atoms with van der Waals surface area (Å²) in [4.78, 5) is 11.4. The van der Waals surface area contributed by atoms with E-state index < -0.39 is 0 Å². The van der Waals surface area contributed by atoms with Crippen LogP contribution in [-0.4, -0.2) is 13.1 Å². The molecule has 0 aliphatic heterocycles. The predicted molar refractivity (Wildman–Crippen MR) is 94.0 cm³/mol. The van der Waals surface area contributed by atoms with Gasteiger partial charge < -0.3 is 9.47 Å². The highest BCUT2D eigenvalue weighted by atomic mass is 16.5. The molecule has 0 spiro atoms. The number of carbonyl (C=O) groups excluding carboxylic acids is 1. The number of hydrogen-bond acceptors (Lipinski definition) is 3. The molecule has 3 rings (SSSR count). The van der Waals surface area contributed by atoms with Crippen molar-refractivity contribution in [1.82, 2.24) is 0 Å². The summed E-state index contributed by atoms with van der Waals surface area (Å²) in [6.07, 6.45) is 0. The minimum Gasteiger partial charge on any atom is -0.489 e. The van der Waals surface area contributed by atoms with Crippen LogP contribution in [0.4, 0.5) is 0 Å². The van der Waals surface area contributed by atoms with Gasteiger partial charge in [-0.05, 0) is 41.0 Å². The van der Waals surface area contributed by atoms with Gasteiger partial charge in [0, 0.05) is 0 Å². The lowest BCUT2D eigenvalue weighted by Crippen LogP contribution is -2.01. The maximum Gasteiger partial charge on any atom is 0.337 e. The number of hydrogen-bond donors (Lipinski definition) is 0. The zero-order valence-electron chi connectivity index (χ0n) is 13.4. The molecule has 3 aromatic rings. The number of esters is 1. The summed E-state index contributed by atoms with van der Waals surface area (Å²) in [5.74, 6) is 0.362. The van der Waals surface area contributed by atoms with E-state index in [0.29, 0.717) is 17.9 Å². The molecule has 3 aromatic carbocycles. The van der Waals surface area contributed by atoms with E-state index in [2.05, 4.69) is 24.3 Å². The summed E-state index contributed by atoms with van der Waals surface area (Å²) >= 11 is 0. The van der Waals surface area contributed by atoms with Gasteiger partial charge in [-0.3, -0.25) is 0 Å². The van der Waals surface area contributed by atoms with Crippen molar-refractivity contribution in [2.45, 2.75) is 6.61 Å². The molecule has 0 atom stereocenters. The molecule has 0 saturated carbocycles. The van der Waals surface area contributed by atoms with Gasteiger partial charge in [-0.1, -0.05) is 54.6 Å². The monoisotopic (exact) mass is 318 g/mol. The SMILES string of the molecule is COC(=O)c1ccc(OCc2ccccc2-c2ccccc2)cc1. The highest BCUT2D eigenvalue weighted by Gasteiger charge is 2.07. The van der Waals surface area contributed by atoms with Crippen molar-refractivity contribution in [3.05, 3.63) is 90.0 Å². The summed E-state index contributed by atoms with van der Waals surface area (Å²) in [7, 11) is 1.37. The standard InChI is InChI=1S/C21H18O3/c1-23-21(22)17-11-13-19(14-12-17)24-15-18-9-5-6-10-20(18)16-7-3-2-4-8-16/h2-14H,15H2,1H3. The van der Waals surface area contributed by atoms with Crippen molar-refractivity contribution in [2.75, 3.05) is 7.11 Å². The van der Waals surface area contributed by atoms with Gasteiger partial charge in [-0.15, -0.1) is 0 Å². The Labute approximate surface area is 141 Å². The molecule has 0 aliphatic carbocycles. The minimum atomic E-state index is -0.351. The van der Waals surface area contributed by atoms with Crippen LogP contribution >= 0.6 is 0 Å². The van der Waals surface area contributed by atoms with Crippen molar-refractivity contribution in [3.63, 3.8) is 0 Å². The van der Waals surface area contributed by atoms with Crippen LogP contribution in [0.1, 0.15) is 15.9 Å². The maximum atomic E-state index is 11.4. The van der Waals surface area contributed by atoms with Crippen LogP contribution in [0.2, 0.25) is 0 Å². The number of benzene rings is 3. The van der Waals surface area contributed by atoms with Gasteiger partial charge in [0.2, 0.25) is 0 Å². The third-order valence-electron chi connectivity index (χ3n) is 3.77. The lowest BCUT2D eigenvalue weighted by molar-refractivity contribution is 0.0600. The summed E-state index contributed by atoms with van der Waals surface area (Å²) in [5, 5.41) is 0. The molecule has 3 nitrogen and oxygen atoms in total. The zero-order chi connectivity index (χ0) is 16.8. The molecule has 0 heterocycles. The Morgan fingerprint density at radius 3 is 2.21 bits per heavy atom. The first kappa shape index (κ1) is 15.8. The lowest BCUT2D eigenvalue weighted by atomic mass is 10.0. The molecular weight excluding hydrogens is 300 g/mol. The highest BCUT2D eigenvalue weighted by molar-refractivity contribution is 5.89. The summed E-state index contributed by atoms with van der Waals surface area (Å²) in [5.41, 5.74) is 3.94. The summed E-state index contributed by atoms with van der Waals surface area (Å²) in [6, 6.07) is 25.4. The van der Waals surface area contributed by atoms with Gasteiger partial charge in [-0.2, -0.15) is 0 Å². The van der Waals surface area contributed by atoms with Crippen molar-refractivity contribution in [3.8, 4) is 16.9 Å². The molecule has 0 unspecified atom stereocenters. The Morgan fingerprint density at radius 1 is 0.833 bits per heavy atom. The Hall–Kier alpha value is -3.07. The van der Waals surface area contributed by atoms with Crippen LogP contribution in [0.25, 0.3) is 11.1 Å². The van der Waals surface area contributed by atoms with Gasteiger partial charge in [0.1, 0.15) is 12.4 Å². The van der Waals surface area contributed by atoms with E-state index in [1.54, 1.807) is 24.3 Å². The van der Waals surface area contributed by atoms with E-state index in [1.165, 1.54) is 7.11 Å². The minimum absolute atomic E-state index is 0.351. The Bertz CT molecular complexity index is 808. The zero-order valence-corrected chi connectivity index (χ0v) is 13.4. The van der Waals surface area contributed by atoms with E-state index in [9.17, 15) is 4.79 Å².